The first-order valence-electron chi connectivity index (χ1n) is 7.99. The number of halogens is 2. The highest BCUT2D eigenvalue weighted by Gasteiger charge is 2.26. The van der Waals surface area contributed by atoms with Gasteiger partial charge in [0.2, 0.25) is 0 Å². The van der Waals surface area contributed by atoms with Crippen molar-refractivity contribution in [1.82, 2.24) is 0 Å². The molecule has 148 valence electrons. The first kappa shape index (κ1) is 21.2. The number of rotatable bonds is 7. The summed E-state index contributed by atoms with van der Waals surface area (Å²) in [5, 5.41) is 2.29. The molecule has 7 nitrogen and oxygen atoms in total. The highest BCUT2D eigenvalue weighted by Crippen LogP contribution is 2.33. The Morgan fingerprint density at radius 1 is 1.18 bits per heavy atom. The van der Waals surface area contributed by atoms with E-state index in [9.17, 15) is 18.8 Å². The fourth-order valence-electron chi connectivity index (χ4n) is 2.34. The summed E-state index contributed by atoms with van der Waals surface area (Å²) in [5.74, 6) is -2.03. The summed E-state index contributed by atoms with van der Waals surface area (Å²) < 4.78 is 28.6. The number of carbonyl (C=O) groups excluding carboxylic acids is 3. The van der Waals surface area contributed by atoms with Crippen LogP contribution in [0, 0.1) is 5.82 Å². The predicted octanol–water partition coefficient (Wildman–Crippen LogP) is 3.49. The van der Waals surface area contributed by atoms with Crippen LogP contribution in [0.1, 0.15) is 27.6 Å². The van der Waals surface area contributed by atoms with Crippen LogP contribution in [0.15, 0.2) is 30.3 Å². The van der Waals surface area contributed by atoms with E-state index in [1.807, 2.05) is 0 Å². The van der Waals surface area contributed by atoms with Gasteiger partial charge >= 0.3 is 5.97 Å². The second-order valence-electron chi connectivity index (χ2n) is 5.55. The van der Waals surface area contributed by atoms with E-state index in [4.69, 9.17) is 25.8 Å². The van der Waals surface area contributed by atoms with Gasteiger partial charge in [-0.2, -0.15) is 0 Å². The lowest BCUT2D eigenvalue weighted by Crippen LogP contribution is -2.30. The van der Waals surface area contributed by atoms with Crippen molar-refractivity contribution < 1.29 is 33.0 Å². The van der Waals surface area contributed by atoms with Crippen LogP contribution in [-0.2, 0) is 9.53 Å². The molecule has 28 heavy (non-hydrogen) atoms. The Morgan fingerprint density at radius 2 is 1.89 bits per heavy atom. The maximum atomic E-state index is 13.2. The summed E-state index contributed by atoms with van der Waals surface area (Å²) in [5.41, 5.74) is 0.0775. The largest absolute Gasteiger partial charge is 0.493 e. The number of benzene rings is 2. The molecule has 0 saturated heterocycles. The summed E-state index contributed by atoms with van der Waals surface area (Å²) in [4.78, 5) is 36.1. The molecule has 2 aromatic rings. The molecule has 1 amide bonds. The van der Waals surface area contributed by atoms with E-state index in [1.54, 1.807) is 0 Å². The van der Waals surface area contributed by atoms with Gasteiger partial charge in [-0.05, 0) is 37.3 Å². The molecule has 0 aliphatic rings. The first-order valence-corrected chi connectivity index (χ1v) is 8.37. The number of anilines is 1. The van der Waals surface area contributed by atoms with Crippen molar-refractivity contribution in [2.75, 3.05) is 19.5 Å². The van der Waals surface area contributed by atoms with Crippen molar-refractivity contribution in [2.45, 2.75) is 13.0 Å². The minimum atomic E-state index is -1.23. The van der Waals surface area contributed by atoms with Gasteiger partial charge in [0.05, 0.1) is 19.2 Å². The number of nitrogens with one attached hydrogen (secondary N) is 1. The molecule has 0 bridgehead atoms. The second-order valence-corrected chi connectivity index (χ2v) is 5.96. The average molecular weight is 410 g/mol. The van der Waals surface area contributed by atoms with Gasteiger partial charge in [-0.1, -0.05) is 11.6 Å². The van der Waals surface area contributed by atoms with Crippen LogP contribution in [0.4, 0.5) is 10.1 Å². The summed E-state index contributed by atoms with van der Waals surface area (Å²) in [6, 6.07) is 6.46. The molecular weight excluding hydrogens is 393 g/mol. The van der Waals surface area contributed by atoms with Gasteiger partial charge in [0.15, 0.2) is 23.9 Å². The molecule has 1 N–H and O–H groups in total. The molecule has 0 spiro atoms. The average Bonchev–Trinajstić information content (AvgIpc) is 2.69. The van der Waals surface area contributed by atoms with E-state index in [0.29, 0.717) is 6.29 Å². The Bertz CT molecular complexity index is 918. The van der Waals surface area contributed by atoms with Crippen LogP contribution in [0.5, 0.6) is 11.5 Å². The van der Waals surface area contributed by atoms with E-state index in [2.05, 4.69) is 5.32 Å². The number of esters is 1. The number of ether oxygens (including phenoxy) is 3. The third kappa shape index (κ3) is 4.58. The molecule has 2 aromatic carbocycles. The van der Waals surface area contributed by atoms with E-state index in [0.717, 1.165) is 6.07 Å². The van der Waals surface area contributed by atoms with Crippen molar-refractivity contribution in [3.63, 3.8) is 0 Å². The molecule has 9 heteroatoms. The zero-order valence-electron chi connectivity index (χ0n) is 15.2. The number of amides is 1. The Morgan fingerprint density at radius 3 is 2.46 bits per heavy atom. The second kappa shape index (κ2) is 9.18. The van der Waals surface area contributed by atoms with Gasteiger partial charge in [0.1, 0.15) is 11.4 Å². The molecular formula is C19H17ClFNO6. The molecule has 0 radical (unpaired) electrons. The van der Waals surface area contributed by atoms with Crippen LogP contribution >= 0.6 is 11.6 Å². The molecule has 0 saturated carbocycles. The van der Waals surface area contributed by atoms with Crippen LogP contribution < -0.4 is 14.8 Å². The van der Waals surface area contributed by atoms with Crippen molar-refractivity contribution in [2.24, 2.45) is 0 Å². The summed E-state index contributed by atoms with van der Waals surface area (Å²) in [7, 11) is 2.68. The predicted molar refractivity (Wildman–Crippen MR) is 99.9 cm³/mol. The minimum Gasteiger partial charge on any atom is -0.493 e. The van der Waals surface area contributed by atoms with E-state index in [1.165, 1.54) is 45.4 Å². The lowest BCUT2D eigenvalue weighted by molar-refractivity contribution is -0.123. The van der Waals surface area contributed by atoms with Gasteiger partial charge in [-0.15, -0.1) is 0 Å². The van der Waals surface area contributed by atoms with Crippen molar-refractivity contribution >= 4 is 35.5 Å². The van der Waals surface area contributed by atoms with Gasteiger partial charge in [-0.25, -0.2) is 9.18 Å². The quantitative estimate of drug-likeness (QED) is 0.556. The SMILES string of the molecule is COc1ccc(C=O)c(C(=O)O[C@H](C)C(=O)Nc2ccc(F)c(Cl)c2)c1OC. The number of hydrogen-bond donors (Lipinski definition) is 1. The van der Waals surface area contributed by atoms with Crippen LogP contribution in [0.25, 0.3) is 0 Å². The van der Waals surface area contributed by atoms with Gasteiger partial charge < -0.3 is 19.5 Å². The Labute approximate surface area is 165 Å². The maximum absolute atomic E-state index is 13.2. The lowest BCUT2D eigenvalue weighted by Gasteiger charge is -2.17. The maximum Gasteiger partial charge on any atom is 0.343 e. The Balaban J connectivity index is 2.20. The fraction of sp³-hybridized carbons (Fsp3) is 0.211. The number of methoxy groups -OCH3 is 2. The number of carbonyl (C=O) groups is 3. The third-order valence-corrected chi connectivity index (χ3v) is 4.04. The van der Waals surface area contributed by atoms with Crippen LogP contribution in [-0.4, -0.2) is 38.5 Å². The summed E-state index contributed by atoms with van der Waals surface area (Å²) in [6.45, 7) is 1.34. The molecule has 0 aliphatic heterocycles. The van der Waals surface area contributed by atoms with Crippen LogP contribution in [0.3, 0.4) is 0 Å². The first-order chi connectivity index (χ1) is 13.3. The van der Waals surface area contributed by atoms with E-state index < -0.39 is 23.8 Å². The lowest BCUT2D eigenvalue weighted by atomic mass is 10.1. The number of hydrogen-bond acceptors (Lipinski definition) is 6. The molecule has 0 unspecified atom stereocenters. The monoisotopic (exact) mass is 409 g/mol. The summed E-state index contributed by atoms with van der Waals surface area (Å²) in [6.07, 6.45) is -0.768. The van der Waals surface area contributed by atoms with Crippen molar-refractivity contribution in [3.8, 4) is 11.5 Å². The normalized spacial score (nSPS) is 11.3. The van der Waals surface area contributed by atoms with Crippen molar-refractivity contribution in [3.05, 3.63) is 52.3 Å². The highest BCUT2D eigenvalue weighted by atomic mass is 35.5. The molecule has 0 fully saturated rings. The molecule has 0 aliphatic carbocycles. The number of aldehydes is 1. The van der Waals surface area contributed by atoms with E-state index >= 15 is 0 Å². The fourth-order valence-corrected chi connectivity index (χ4v) is 2.52. The Hall–Kier alpha value is -3.13. The minimum absolute atomic E-state index is 0.00928. The standard InChI is InChI=1S/C19H17ClFNO6/c1-10(18(24)22-12-5-6-14(21)13(20)8-12)28-19(25)16-11(9-23)4-7-15(26-2)17(16)27-3/h4-10H,1-3H3,(H,22,24)/t10-/m1/s1. The summed E-state index contributed by atoms with van der Waals surface area (Å²) >= 11 is 5.67. The smallest absolute Gasteiger partial charge is 0.343 e. The zero-order chi connectivity index (χ0) is 20.8. The van der Waals surface area contributed by atoms with Crippen LogP contribution in [0.2, 0.25) is 5.02 Å². The van der Waals surface area contributed by atoms with Gasteiger partial charge in [0.25, 0.3) is 5.91 Å². The molecule has 2 rings (SSSR count). The van der Waals surface area contributed by atoms with Gasteiger partial charge in [-0.3, -0.25) is 9.59 Å². The van der Waals surface area contributed by atoms with E-state index in [-0.39, 0.29) is 33.3 Å². The molecule has 0 heterocycles. The zero-order valence-corrected chi connectivity index (χ0v) is 16.0. The molecule has 0 aromatic heterocycles. The topological polar surface area (TPSA) is 90.9 Å². The van der Waals surface area contributed by atoms with Crippen molar-refractivity contribution in [1.29, 1.82) is 0 Å². The molecule has 1 atom stereocenters. The third-order valence-electron chi connectivity index (χ3n) is 3.75. The van der Waals surface area contributed by atoms with Gasteiger partial charge in [0, 0.05) is 11.3 Å². The Kier molecular flexibility index (Phi) is 6.94. The highest BCUT2D eigenvalue weighted by molar-refractivity contribution is 6.31.